The van der Waals surface area contributed by atoms with Gasteiger partial charge in [0.15, 0.2) is 0 Å². The molecule has 0 radical (unpaired) electrons. The molecule has 12 heavy (non-hydrogen) atoms. The summed E-state index contributed by atoms with van der Waals surface area (Å²) >= 11 is 0. The van der Waals surface area contributed by atoms with Crippen molar-refractivity contribution in [2.24, 2.45) is 5.73 Å². The minimum atomic E-state index is -0.286. The van der Waals surface area contributed by atoms with E-state index in [2.05, 4.69) is 0 Å². The van der Waals surface area contributed by atoms with E-state index in [-0.39, 0.29) is 18.0 Å². The maximum absolute atomic E-state index is 7.43. The Kier molecular flexibility index (Phi) is 4.85. The standard InChI is InChI=1S/C8H19N3O/c1-5-7(9)8(10)12-11(4)6(2)3/h6-7,10H,5,9H2,1-4H3/t7-/m1/s1. The van der Waals surface area contributed by atoms with E-state index in [9.17, 15) is 0 Å². The van der Waals surface area contributed by atoms with Crippen LogP contribution in [0.3, 0.4) is 0 Å². The highest BCUT2D eigenvalue weighted by Gasteiger charge is 2.12. The van der Waals surface area contributed by atoms with Crippen LogP contribution in [0.25, 0.3) is 0 Å². The molecule has 0 aliphatic heterocycles. The van der Waals surface area contributed by atoms with E-state index < -0.39 is 0 Å². The Morgan fingerprint density at radius 2 is 2.08 bits per heavy atom. The molecule has 4 nitrogen and oxygen atoms in total. The summed E-state index contributed by atoms with van der Waals surface area (Å²) in [5.41, 5.74) is 5.59. The molecule has 0 heterocycles. The molecular weight excluding hydrogens is 154 g/mol. The summed E-state index contributed by atoms with van der Waals surface area (Å²) in [5, 5.41) is 9.05. The largest absolute Gasteiger partial charge is 0.389 e. The molecule has 0 saturated carbocycles. The predicted octanol–water partition coefficient (Wildman–Crippen LogP) is 0.973. The maximum Gasteiger partial charge on any atom is 0.223 e. The number of nitrogens with zero attached hydrogens (tertiary/aromatic N) is 1. The fourth-order valence-electron chi connectivity index (χ4n) is 0.514. The van der Waals surface area contributed by atoms with Crippen molar-refractivity contribution < 1.29 is 4.84 Å². The zero-order valence-corrected chi connectivity index (χ0v) is 8.29. The first kappa shape index (κ1) is 11.4. The number of hydroxylamine groups is 2. The fraction of sp³-hybridized carbons (Fsp3) is 0.875. The lowest BCUT2D eigenvalue weighted by Crippen LogP contribution is -2.38. The third-order valence-corrected chi connectivity index (χ3v) is 1.75. The summed E-state index contributed by atoms with van der Waals surface area (Å²) in [4.78, 5) is 5.16. The Bertz CT molecular complexity index is 147. The molecule has 0 aromatic rings. The molecule has 72 valence electrons. The Labute approximate surface area is 74.1 Å². The number of hydrogen-bond acceptors (Lipinski definition) is 4. The topological polar surface area (TPSA) is 62.3 Å². The second-order valence-corrected chi connectivity index (χ2v) is 3.11. The van der Waals surface area contributed by atoms with Crippen molar-refractivity contribution in [3.8, 4) is 0 Å². The van der Waals surface area contributed by atoms with E-state index in [0.717, 1.165) is 6.42 Å². The summed E-state index contributed by atoms with van der Waals surface area (Å²) in [6.07, 6.45) is 0.727. The zero-order chi connectivity index (χ0) is 9.72. The molecule has 0 bridgehead atoms. The lowest BCUT2D eigenvalue weighted by Gasteiger charge is -2.23. The molecule has 0 fully saturated rings. The van der Waals surface area contributed by atoms with Crippen LogP contribution in [0.2, 0.25) is 0 Å². The second kappa shape index (κ2) is 5.11. The smallest absolute Gasteiger partial charge is 0.223 e. The molecule has 0 aromatic carbocycles. The van der Waals surface area contributed by atoms with Gasteiger partial charge in [0.1, 0.15) is 0 Å². The van der Waals surface area contributed by atoms with Crippen LogP contribution in [-0.4, -0.2) is 30.1 Å². The predicted molar refractivity (Wildman–Crippen MR) is 50.0 cm³/mol. The van der Waals surface area contributed by atoms with E-state index in [1.54, 1.807) is 12.1 Å². The number of nitrogens with two attached hydrogens (primary N) is 1. The SMILES string of the molecule is CC[C@@H](N)C(=N)ON(C)C(C)C. The molecule has 0 spiro atoms. The van der Waals surface area contributed by atoms with Crippen LogP contribution in [0.5, 0.6) is 0 Å². The lowest BCUT2D eigenvalue weighted by molar-refractivity contribution is -0.0782. The van der Waals surface area contributed by atoms with Gasteiger partial charge in [0, 0.05) is 13.1 Å². The highest BCUT2D eigenvalue weighted by Crippen LogP contribution is 1.98. The van der Waals surface area contributed by atoms with Crippen LogP contribution >= 0.6 is 0 Å². The second-order valence-electron chi connectivity index (χ2n) is 3.11. The van der Waals surface area contributed by atoms with Gasteiger partial charge < -0.3 is 10.6 Å². The van der Waals surface area contributed by atoms with E-state index in [1.165, 1.54) is 0 Å². The van der Waals surface area contributed by atoms with Crippen LogP contribution in [0.1, 0.15) is 27.2 Å². The Balaban J connectivity index is 3.84. The van der Waals surface area contributed by atoms with Gasteiger partial charge in [-0.2, -0.15) is 0 Å². The van der Waals surface area contributed by atoms with E-state index in [0.29, 0.717) is 0 Å². The molecule has 0 amide bonds. The average Bonchev–Trinajstić information content (AvgIpc) is 2.02. The molecule has 0 aliphatic carbocycles. The van der Waals surface area contributed by atoms with Crippen molar-refractivity contribution in [1.29, 1.82) is 5.41 Å². The zero-order valence-electron chi connectivity index (χ0n) is 8.29. The molecule has 3 N–H and O–H groups in total. The Morgan fingerprint density at radius 3 is 2.42 bits per heavy atom. The number of nitrogens with one attached hydrogen (secondary N) is 1. The molecular formula is C8H19N3O. The van der Waals surface area contributed by atoms with Gasteiger partial charge in [0.2, 0.25) is 5.90 Å². The van der Waals surface area contributed by atoms with Crippen LogP contribution in [-0.2, 0) is 4.84 Å². The summed E-state index contributed by atoms with van der Waals surface area (Å²) in [5.74, 6) is 0.133. The Hall–Kier alpha value is -0.610. The molecule has 0 saturated heterocycles. The molecule has 0 rings (SSSR count). The van der Waals surface area contributed by atoms with E-state index in [1.807, 2.05) is 20.8 Å². The van der Waals surface area contributed by atoms with Crippen LogP contribution < -0.4 is 5.73 Å². The molecule has 0 unspecified atom stereocenters. The van der Waals surface area contributed by atoms with Gasteiger partial charge in [0.05, 0.1) is 6.04 Å². The molecule has 0 aliphatic rings. The van der Waals surface area contributed by atoms with Crippen molar-refractivity contribution in [3.63, 3.8) is 0 Å². The van der Waals surface area contributed by atoms with Crippen molar-refractivity contribution in [2.75, 3.05) is 7.05 Å². The van der Waals surface area contributed by atoms with Gasteiger partial charge in [-0.1, -0.05) is 6.92 Å². The third kappa shape index (κ3) is 3.69. The van der Waals surface area contributed by atoms with E-state index >= 15 is 0 Å². The number of rotatable bonds is 4. The first-order valence-corrected chi connectivity index (χ1v) is 4.23. The van der Waals surface area contributed by atoms with Gasteiger partial charge in [-0.25, -0.2) is 0 Å². The summed E-state index contributed by atoms with van der Waals surface area (Å²) in [7, 11) is 1.79. The monoisotopic (exact) mass is 173 g/mol. The normalized spacial score (nSPS) is 13.6. The van der Waals surface area contributed by atoms with Gasteiger partial charge in [-0.15, -0.1) is 5.06 Å². The van der Waals surface area contributed by atoms with Gasteiger partial charge in [-0.05, 0) is 20.3 Å². The Morgan fingerprint density at radius 1 is 1.58 bits per heavy atom. The van der Waals surface area contributed by atoms with Crippen molar-refractivity contribution in [3.05, 3.63) is 0 Å². The van der Waals surface area contributed by atoms with Crippen molar-refractivity contribution in [1.82, 2.24) is 5.06 Å². The number of hydrogen-bond donors (Lipinski definition) is 2. The molecule has 4 heteroatoms. The van der Waals surface area contributed by atoms with Crippen molar-refractivity contribution in [2.45, 2.75) is 39.3 Å². The maximum atomic E-state index is 7.43. The highest BCUT2D eigenvalue weighted by atomic mass is 16.7. The minimum absolute atomic E-state index is 0.133. The molecule has 0 aromatic heterocycles. The first-order chi connectivity index (χ1) is 5.49. The fourth-order valence-corrected chi connectivity index (χ4v) is 0.514. The van der Waals surface area contributed by atoms with Crippen LogP contribution in [0, 0.1) is 5.41 Å². The lowest BCUT2D eigenvalue weighted by atomic mass is 10.2. The van der Waals surface area contributed by atoms with E-state index in [4.69, 9.17) is 16.0 Å². The summed E-state index contributed by atoms with van der Waals surface area (Å²) in [6, 6.07) is -0.0272. The van der Waals surface area contributed by atoms with Gasteiger partial charge >= 0.3 is 0 Å². The van der Waals surface area contributed by atoms with Crippen molar-refractivity contribution >= 4 is 5.90 Å². The average molecular weight is 173 g/mol. The summed E-state index contributed by atoms with van der Waals surface area (Å²) < 4.78 is 0. The minimum Gasteiger partial charge on any atom is -0.389 e. The third-order valence-electron chi connectivity index (χ3n) is 1.75. The van der Waals surface area contributed by atoms with Gasteiger partial charge in [-0.3, -0.25) is 5.41 Å². The highest BCUT2D eigenvalue weighted by molar-refractivity contribution is 5.77. The van der Waals surface area contributed by atoms with Crippen LogP contribution in [0.4, 0.5) is 0 Å². The summed E-state index contributed by atoms with van der Waals surface area (Å²) in [6.45, 7) is 5.91. The molecule has 1 atom stereocenters. The van der Waals surface area contributed by atoms with Crippen LogP contribution in [0.15, 0.2) is 0 Å². The van der Waals surface area contributed by atoms with Gasteiger partial charge in [0.25, 0.3) is 0 Å². The first-order valence-electron chi connectivity index (χ1n) is 4.23. The quantitative estimate of drug-likeness (QED) is 0.378.